The molecule has 1 amide bonds. The number of aromatic nitrogens is 1. The summed E-state index contributed by atoms with van der Waals surface area (Å²) in [6.07, 6.45) is 4.17. The van der Waals surface area contributed by atoms with Crippen molar-refractivity contribution in [3.8, 4) is 0 Å². The molecule has 5 heteroatoms. The molecule has 2 aliphatic heterocycles. The van der Waals surface area contributed by atoms with E-state index in [1.165, 1.54) is 6.42 Å². The summed E-state index contributed by atoms with van der Waals surface area (Å²) in [6, 6.07) is 8.43. The first kappa shape index (κ1) is 14.7. The molecule has 1 unspecified atom stereocenters. The third kappa shape index (κ3) is 2.99. The second kappa shape index (κ2) is 6.34. The van der Waals surface area contributed by atoms with Gasteiger partial charge in [-0.25, -0.2) is 0 Å². The number of amides is 1. The van der Waals surface area contributed by atoms with Crippen molar-refractivity contribution in [3.63, 3.8) is 0 Å². The predicted molar refractivity (Wildman–Crippen MR) is 89.6 cm³/mol. The Bertz CT molecular complexity index is 690. The van der Waals surface area contributed by atoms with Gasteiger partial charge in [-0.3, -0.25) is 9.69 Å². The highest BCUT2D eigenvalue weighted by atomic mass is 16.5. The number of fused-ring (bicyclic) bond motifs is 1. The fourth-order valence-electron chi connectivity index (χ4n) is 3.74. The molecule has 0 bridgehead atoms. The number of nitrogens with zero attached hydrogens (tertiary/aromatic N) is 2. The summed E-state index contributed by atoms with van der Waals surface area (Å²) in [4.78, 5) is 20.6. The van der Waals surface area contributed by atoms with Crippen LogP contribution in [0, 0.1) is 0 Å². The average Bonchev–Trinajstić information content (AvgIpc) is 3.09. The van der Waals surface area contributed by atoms with Crippen LogP contribution in [0.5, 0.6) is 0 Å². The molecule has 0 radical (unpaired) electrons. The van der Waals surface area contributed by atoms with Crippen molar-refractivity contribution in [2.75, 3.05) is 39.4 Å². The fraction of sp³-hybridized carbons (Fsp3) is 0.500. The monoisotopic (exact) mass is 313 g/mol. The van der Waals surface area contributed by atoms with Gasteiger partial charge >= 0.3 is 0 Å². The maximum Gasteiger partial charge on any atom is 0.253 e. The maximum atomic E-state index is 12.9. The number of aromatic amines is 1. The van der Waals surface area contributed by atoms with Gasteiger partial charge in [-0.15, -0.1) is 0 Å². The van der Waals surface area contributed by atoms with Crippen molar-refractivity contribution in [1.82, 2.24) is 14.8 Å². The molecule has 1 aromatic carbocycles. The van der Waals surface area contributed by atoms with Crippen molar-refractivity contribution < 1.29 is 9.53 Å². The number of morpholine rings is 1. The number of hydrogen-bond acceptors (Lipinski definition) is 3. The van der Waals surface area contributed by atoms with Crippen molar-refractivity contribution in [2.24, 2.45) is 0 Å². The summed E-state index contributed by atoms with van der Waals surface area (Å²) in [5.74, 6) is 0.152. The fourth-order valence-corrected chi connectivity index (χ4v) is 3.74. The van der Waals surface area contributed by atoms with Gasteiger partial charge in [0.25, 0.3) is 5.91 Å². The standard InChI is InChI=1S/C18H23N3O2/c22-18(15-4-3-14-5-6-19-17(14)12-15)21-7-1-2-16(13-21)20-8-10-23-11-9-20/h3-6,12,16,19H,1-2,7-11,13H2. The number of ether oxygens (including phenoxy) is 1. The lowest BCUT2D eigenvalue weighted by atomic mass is 10.0. The molecule has 0 aliphatic carbocycles. The maximum absolute atomic E-state index is 12.9. The molecule has 0 saturated carbocycles. The van der Waals surface area contributed by atoms with E-state index in [9.17, 15) is 4.79 Å². The van der Waals surface area contributed by atoms with Gasteiger partial charge in [0, 0.05) is 49.5 Å². The molecule has 4 rings (SSSR count). The number of nitrogens with one attached hydrogen (secondary N) is 1. The molecule has 23 heavy (non-hydrogen) atoms. The highest BCUT2D eigenvalue weighted by Gasteiger charge is 2.29. The van der Waals surface area contributed by atoms with Crippen LogP contribution in [0.25, 0.3) is 10.9 Å². The molecular weight excluding hydrogens is 290 g/mol. The first-order chi connectivity index (χ1) is 11.3. The van der Waals surface area contributed by atoms with Crippen LogP contribution in [-0.2, 0) is 4.74 Å². The van der Waals surface area contributed by atoms with E-state index in [4.69, 9.17) is 4.74 Å². The highest BCUT2D eigenvalue weighted by Crippen LogP contribution is 2.21. The van der Waals surface area contributed by atoms with Gasteiger partial charge in [-0.05, 0) is 36.4 Å². The van der Waals surface area contributed by atoms with E-state index in [-0.39, 0.29) is 5.91 Å². The first-order valence-electron chi connectivity index (χ1n) is 8.49. The second-order valence-corrected chi connectivity index (χ2v) is 6.48. The third-order valence-corrected chi connectivity index (χ3v) is 5.05. The Hall–Kier alpha value is -1.85. The lowest BCUT2D eigenvalue weighted by Gasteiger charge is -2.40. The van der Waals surface area contributed by atoms with Crippen LogP contribution in [0.4, 0.5) is 0 Å². The Morgan fingerprint density at radius 2 is 2.04 bits per heavy atom. The second-order valence-electron chi connectivity index (χ2n) is 6.48. The number of benzene rings is 1. The number of rotatable bonds is 2. The van der Waals surface area contributed by atoms with Gasteiger partial charge in [-0.1, -0.05) is 6.07 Å². The zero-order chi connectivity index (χ0) is 15.6. The number of H-pyrrole nitrogens is 1. The Kier molecular flexibility index (Phi) is 4.06. The quantitative estimate of drug-likeness (QED) is 0.924. The molecule has 1 aromatic heterocycles. The van der Waals surface area contributed by atoms with Crippen LogP contribution >= 0.6 is 0 Å². The smallest absolute Gasteiger partial charge is 0.253 e. The topological polar surface area (TPSA) is 48.6 Å². The van der Waals surface area contributed by atoms with E-state index in [0.717, 1.165) is 62.3 Å². The molecule has 5 nitrogen and oxygen atoms in total. The molecule has 2 aliphatic rings. The highest BCUT2D eigenvalue weighted by molar-refractivity contribution is 5.98. The largest absolute Gasteiger partial charge is 0.379 e. The molecule has 1 N–H and O–H groups in total. The summed E-state index contributed by atoms with van der Waals surface area (Å²) in [6.45, 7) is 5.30. The molecule has 2 fully saturated rings. The summed E-state index contributed by atoms with van der Waals surface area (Å²) in [5.41, 5.74) is 1.81. The Labute approximate surface area is 136 Å². The summed E-state index contributed by atoms with van der Waals surface area (Å²) in [7, 11) is 0. The Balaban J connectivity index is 1.48. The van der Waals surface area contributed by atoms with Gasteiger partial charge in [0.2, 0.25) is 0 Å². The van der Waals surface area contributed by atoms with E-state index in [2.05, 4.69) is 9.88 Å². The minimum absolute atomic E-state index is 0.152. The van der Waals surface area contributed by atoms with Gasteiger partial charge in [-0.2, -0.15) is 0 Å². The molecule has 2 saturated heterocycles. The SMILES string of the molecule is O=C(c1ccc2cc[nH]c2c1)N1CCCC(N2CCOCC2)C1. The number of carbonyl (C=O) groups excluding carboxylic acids is 1. The number of carbonyl (C=O) groups is 1. The lowest BCUT2D eigenvalue weighted by molar-refractivity contribution is -0.00120. The minimum Gasteiger partial charge on any atom is -0.379 e. The van der Waals surface area contributed by atoms with E-state index in [1.54, 1.807) is 0 Å². The van der Waals surface area contributed by atoms with Gasteiger partial charge in [0.15, 0.2) is 0 Å². The van der Waals surface area contributed by atoms with Crippen molar-refractivity contribution in [1.29, 1.82) is 0 Å². The average molecular weight is 313 g/mol. The molecule has 1 atom stereocenters. The zero-order valence-corrected chi connectivity index (χ0v) is 13.3. The van der Waals surface area contributed by atoms with E-state index >= 15 is 0 Å². The summed E-state index contributed by atoms with van der Waals surface area (Å²) in [5, 5.41) is 1.14. The molecule has 2 aromatic rings. The summed E-state index contributed by atoms with van der Waals surface area (Å²) < 4.78 is 5.44. The third-order valence-electron chi connectivity index (χ3n) is 5.05. The minimum atomic E-state index is 0.152. The van der Waals surface area contributed by atoms with Crippen LogP contribution in [0.1, 0.15) is 23.2 Å². The van der Waals surface area contributed by atoms with Crippen LogP contribution in [0.15, 0.2) is 30.5 Å². The van der Waals surface area contributed by atoms with E-state index in [0.29, 0.717) is 6.04 Å². The van der Waals surface area contributed by atoms with Crippen LogP contribution in [0.2, 0.25) is 0 Å². The first-order valence-corrected chi connectivity index (χ1v) is 8.49. The van der Waals surface area contributed by atoms with E-state index < -0.39 is 0 Å². The van der Waals surface area contributed by atoms with Gasteiger partial charge in [0.05, 0.1) is 13.2 Å². The number of piperidine rings is 1. The number of hydrogen-bond donors (Lipinski definition) is 1. The van der Waals surface area contributed by atoms with Gasteiger partial charge < -0.3 is 14.6 Å². The lowest BCUT2D eigenvalue weighted by Crippen LogP contribution is -2.52. The van der Waals surface area contributed by atoms with Crippen molar-refractivity contribution in [3.05, 3.63) is 36.0 Å². The Morgan fingerprint density at radius 3 is 2.91 bits per heavy atom. The summed E-state index contributed by atoms with van der Waals surface area (Å²) >= 11 is 0. The molecule has 0 spiro atoms. The normalized spacial score (nSPS) is 23.3. The van der Waals surface area contributed by atoms with Crippen LogP contribution in [-0.4, -0.2) is 66.1 Å². The zero-order valence-electron chi connectivity index (χ0n) is 13.3. The van der Waals surface area contributed by atoms with Crippen molar-refractivity contribution >= 4 is 16.8 Å². The predicted octanol–water partition coefficient (Wildman–Crippen LogP) is 2.10. The number of likely N-dealkylation sites (tertiary alicyclic amines) is 1. The molecule has 3 heterocycles. The molecular formula is C18H23N3O2. The Morgan fingerprint density at radius 1 is 1.17 bits per heavy atom. The van der Waals surface area contributed by atoms with Crippen molar-refractivity contribution in [2.45, 2.75) is 18.9 Å². The van der Waals surface area contributed by atoms with Gasteiger partial charge in [0.1, 0.15) is 0 Å². The molecule has 122 valence electrons. The van der Waals surface area contributed by atoms with Crippen LogP contribution in [0.3, 0.4) is 0 Å². The van der Waals surface area contributed by atoms with Crippen LogP contribution < -0.4 is 0 Å². The van der Waals surface area contributed by atoms with E-state index in [1.807, 2.05) is 35.4 Å².